The minimum Gasteiger partial charge on any atom is -0.487 e. The van der Waals surface area contributed by atoms with Gasteiger partial charge in [-0.2, -0.15) is 0 Å². The third kappa shape index (κ3) is 7.94. The Bertz CT molecular complexity index is 1220. The van der Waals surface area contributed by atoms with E-state index < -0.39 is 23.1 Å². The number of carbonyl (C=O) groups excluding carboxylic acids is 1. The topological polar surface area (TPSA) is 86.5 Å². The number of hydrogen-bond acceptors (Lipinski definition) is 6. The van der Waals surface area contributed by atoms with Gasteiger partial charge in [-0.05, 0) is 25.5 Å². The molecular weight excluding hydrogens is 470 g/mol. The molecule has 3 heterocycles. The lowest BCUT2D eigenvalue weighted by Gasteiger charge is -2.17. The molecule has 0 saturated carbocycles. The Kier molecular flexibility index (Phi) is 12.4. The summed E-state index contributed by atoms with van der Waals surface area (Å²) in [5, 5.41) is 1.02. The van der Waals surface area contributed by atoms with Gasteiger partial charge in [0, 0.05) is 37.1 Å². The van der Waals surface area contributed by atoms with Crippen LogP contribution in [0.2, 0.25) is 0 Å². The van der Waals surface area contributed by atoms with Crippen LogP contribution in [0.15, 0.2) is 41.5 Å². The van der Waals surface area contributed by atoms with E-state index in [0.717, 1.165) is 11.3 Å². The fourth-order valence-electron chi connectivity index (χ4n) is 2.88. The molecule has 0 N–H and O–H groups in total. The zero-order chi connectivity index (χ0) is 27.4. The summed E-state index contributed by atoms with van der Waals surface area (Å²) in [5.41, 5.74) is 1.27. The minimum absolute atomic E-state index is 0.0846. The van der Waals surface area contributed by atoms with Crippen molar-refractivity contribution in [3.8, 4) is 11.4 Å². The molecule has 0 aliphatic heterocycles. The van der Waals surface area contributed by atoms with Crippen LogP contribution in [0, 0.1) is 25.5 Å². The molecule has 3 aromatic rings. The first kappa shape index (κ1) is 30.4. The standard InChI is InChI=1S/C21H20F2N4O4.C3H8.C2H6/c1-12-9-24-17(21(29)26(3)30-4)8-19(12)27-13(2)5-15(7-20(27)28)31-11-18-16(23)6-14(22)10-25-18;1-3-2;1-2/h5-10H,11H2,1-4H3;3H2,1-2H3;1-2H3. The molecule has 0 aromatic carbocycles. The first-order chi connectivity index (χ1) is 17.1. The number of nitrogens with zero attached hydrogens (tertiary/aromatic N) is 4. The molecule has 0 spiro atoms. The van der Waals surface area contributed by atoms with E-state index in [4.69, 9.17) is 9.57 Å². The summed E-state index contributed by atoms with van der Waals surface area (Å²) < 4.78 is 33.6. The van der Waals surface area contributed by atoms with Crippen molar-refractivity contribution < 1.29 is 23.1 Å². The second-order valence-corrected chi connectivity index (χ2v) is 7.43. The van der Waals surface area contributed by atoms with Gasteiger partial charge in [-0.15, -0.1) is 0 Å². The Morgan fingerprint density at radius 2 is 1.69 bits per heavy atom. The van der Waals surface area contributed by atoms with Crippen molar-refractivity contribution in [2.45, 2.75) is 54.6 Å². The average molecular weight is 505 g/mol. The van der Waals surface area contributed by atoms with Crippen LogP contribution in [0.25, 0.3) is 5.69 Å². The lowest BCUT2D eigenvalue weighted by molar-refractivity contribution is -0.0760. The highest BCUT2D eigenvalue weighted by Crippen LogP contribution is 2.19. The molecule has 0 bridgehead atoms. The van der Waals surface area contributed by atoms with Crippen molar-refractivity contribution in [2.24, 2.45) is 0 Å². The fraction of sp³-hybridized carbons (Fsp3) is 0.385. The quantitative estimate of drug-likeness (QED) is 0.430. The molecule has 0 unspecified atom stereocenters. The summed E-state index contributed by atoms with van der Waals surface area (Å²) in [6.07, 6.45) is 3.63. The summed E-state index contributed by atoms with van der Waals surface area (Å²) in [6.45, 7) is 11.4. The second-order valence-electron chi connectivity index (χ2n) is 7.43. The fourth-order valence-corrected chi connectivity index (χ4v) is 2.88. The number of halogens is 2. The summed E-state index contributed by atoms with van der Waals surface area (Å²) in [7, 11) is 2.81. The van der Waals surface area contributed by atoms with Gasteiger partial charge in [0.25, 0.3) is 11.5 Å². The second kappa shape index (κ2) is 14.7. The van der Waals surface area contributed by atoms with Gasteiger partial charge in [-0.3, -0.25) is 29.0 Å². The number of aryl methyl sites for hydroxylation is 2. The van der Waals surface area contributed by atoms with Gasteiger partial charge >= 0.3 is 0 Å². The van der Waals surface area contributed by atoms with E-state index in [0.29, 0.717) is 23.0 Å². The SMILES string of the molecule is CC.CCC.CON(C)C(=O)c1cc(-n2c(C)cc(OCc3ncc(F)cc3F)cc2=O)c(C)cn1. The molecule has 3 aromatic heterocycles. The van der Waals surface area contributed by atoms with Crippen LogP contribution in [0.1, 0.15) is 61.6 Å². The van der Waals surface area contributed by atoms with Crippen LogP contribution in [-0.2, 0) is 11.4 Å². The molecular formula is C26H34F2N4O4. The molecule has 1 amide bonds. The maximum atomic E-state index is 13.7. The first-order valence-corrected chi connectivity index (χ1v) is 11.6. The number of rotatable bonds is 6. The average Bonchev–Trinajstić information content (AvgIpc) is 2.85. The number of amides is 1. The van der Waals surface area contributed by atoms with E-state index in [1.807, 2.05) is 13.8 Å². The summed E-state index contributed by atoms with van der Waals surface area (Å²) >= 11 is 0. The molecule has 0 aliphatic rings. The summed E-state index contributed by atoms with van der Waals surface area (Å²) in [5.74, 6) is -1.90. The van der Waals surface area contributed by atoms with E-state index in [1.165, 1.54) is 43.5 Å². The molecule has 0 radical (unpaired) electrons. The maximum Gasteiger partial charge on any atom is 0.295 e. The zero-order valence-corrected chi connectivity index (χ0v) is 22.1. The van der Waals surface area contributed by atoms with Gasteiger partial charge in [0.1, 0.15) is 29.6 Å². The van der Waals surface area contributed by atoms with Crippen LogP contribution < -0.4 is 10.3 Å². The summed E-state index contributed by atoms with van der Waals surface area (Å²) in [4.78, 5) is 37.8. The number of carbonyl (C=O) groups is 1. The normalized spacial score (nSPS) is 9.94. The number of aromatic nitrogens is 3. The molecule has 0 saturated heterocycles. The number of pyridine rings is 3. The Hall–Kier alpha value is -3.66. The van der Waals surface area contributed by atoms with Crippen molar-refractivity contribution in [2.75, 3.05) is 14.2 Å². The maximum absolute atomic E-state index is 13.7. The Labute approximate surface area is 210 Å². The van der Waals surface area contributed by atoms with Crippen molar-refractivity contribution in [3.05, 3.63) is 81.3 Å². The monoisotopic (exact) mass is 504 g/mol. The highest BCUT2D eigenvalue weighted by atomic mass is 19.1. The van der Waals surface area contributed by atoms with E-state index in [-0.39, 0.29) is 23.7 Å². The summed E-state index contributed by atoms with van der Waals surface area (Å²) in [6, 6.07) is 5.03. The van der Waals surface area contributed by atoms with Gasteiger partial charge in [0.15, 0.2) is 5.82 Å². The van der Waals surface area contributed by atoms with Gasteiger partial charge in [-0.1, -0.05) is 34.1 Å². The van der Waals surface area contributed by atoms with E-state index in [2.05, 4.69) is 23.8 Å². The van der Waals surface area contributed by atoms with Gasteiger partial charge in [-0.25, -0.2) is 13.8 Å². The third-order valence-electron chi connectivity index (χ3n) is 4.54. The zero-order valence-electron chi connectivity index (χ0n) is 22.1. The van der Waals surface area contributed by atoms with Crippen LogP contribution >= 0.6 is 0 Å². The molecule has 0 aliphatic carbocycles. The predicted molar refractivity (Wildman–Crippen MR) is 134 cm³/mol. The molecule has 0 atom stereocenters. The van der Waals surface area contributed by atoms with E-state index in [9.17, 15) is 18.4 Å². The molecule has 8 nitrogen and oxygen atoms in total. The van der Waals surface area contributed by atoms with Crippen molar-refractivity contribution in [1.82, 2.24) is 19.6 Å². The number of ether oxygens (including phenoxy) is 1. The lowest BCUT2D eigenvalue weighted by atomic mass is 10.2. The first-order valence-electron chi connectivity index (χ1n) is 11.6. The molecule has 0 fully saturated rings. The van der Waals surface area contributed by atoms with Crippen LogP contribution in [0.3, 0.4) is 0 Å². The van der Waals surface area contributed by atoms with E-state index in [1.54, 1.807) is 19.9 Å². The van der Waals surface area contributed by atoms with Crippen molar-refractivity contribution >= 4 is 5.91 Å². The largest absolute Gasteiger partial charge is 0.487 e. The molecule has 36 heavy (non-hydrogen) atoms. The van der Waals surface area contributed by atoms with Gasteiger partial charge in [0.2, 0.25) is 0 Å². The Morgan fingerprint density at radius 3 is 2.25 bits per heavy atom. The highest BCUT2D eigenvalue weighted by Gasteiger charge is 2.17. The van der Waals surface area contributed by atoms with Crippen molar-refractivity contribution in [1.29, 1.82) is 0 Å². The third-order valence-corrected chi connectivity index (χ3v) is 4.54. The Morgan fingerprint density at radius 1 is 1.06 bits per heavy atom. The Balaban J connectivity index is 0.00000120. The number of hydrogen-bond donors (Lipinski definition) is 0. The molecule has 10 heteroatoms. The predicted octanol–water partition coefficient (Wildman–Crippen LogP) is 5.18. The van der Waals surface area contributed by atoms with Crippen molar-refractivity contribution in [3.63, 3.8) is 0 Å². The highest BCUT2D eigenvalue weighted by molar-refractivity contribution is 5.92. The van der Waals surface area contributed by atoms with Crippen LogP contribution in [0.5, 0.6) is 5.75 Å². The van der Waals surface area contributed by atoms with Crippen LogP contribution in [-0.4, -0.2) is 39.7 Å². The lowest BCUT2D eigenvalue weighted by Crippen LogP contribution is -2.27. The molecule has 3 rings (SSSR count). The smallest absolute Gasteiger partial charge is 0.295 e. The minimum atomic E-state index is -0.837. The molecule has 196 valence electrons. The van der Waals surface area contributed by atoms with Crippen LogP contribution in [0.4, 0.5) is 8.78 Å². The van der Waals surface area contributed by atoms with Gasteiger partial charge in [0.05, 0.1) is 19.0 Å². The van der Waals surface area contributed by atoms with E-state index >= 15 is 0 Å². The number of hydroxylamine groups is 2. The van der Waals surface area contributed by atoms with Gasteiger partial charge < -0.3 is 4.74 Å².